The maximum absolute atomic E-state index is 14.3. The van der Waals surface area contributed by atoms with Crippen molar-refractivity contribution < 1.29 is 65.6 Å². The molecule has 0 atom stereocenters. The minimum Gasteiger partial charge on any atom is -0.491 e. The highest BCUT2D eigenvalue weighted by Gasteiger charge is 2.20. The third kappa shape index (κ3) is 15.4. The van der Waals surface area contributed by atoms with E-state index in [2.05, 4.69) is 40.6 Å². The Morgan fingerprint density at radius 1 is 0.582 bits per heavy atom. The number of rotatable bonds is 16. The maximum atomic E-state index is 14.3. The standard InChI is InChI=1S/C23H22F2N2O4.C16H17BrN2O3.C7H7BF2O3.CH4/c1-29-10-4-5-17-13-26-20(16-11-18(24)22(30-2)19(25)12-16)21(27-17)14-6-8-15(9-7-14)23(28)31-3;1-21-9-3-4-13-10-18-15(17)14(19-13)11-5-7-12(8-6-11)16(20)22-2;1-13-7-5(9)2-4(8(11)12)3-6(7)10;/h6-9,11-13H,4-5,10H2,1-3H3;5-8,10H,3-4,9H2,1-2H3;2-3,11-12H,1H3;1H4. The summed E-state index contributed by atoms with van der Waals surface area (Å²) in [4.78, 5) is 41.3. The quantitative estimate of drug-likeness (QED) is 0.0412. The second-order valence-electron chi connectivity index (χ2n) is 13.8. The summed E-state index contributed by atoms with van der Waals surface area (Å²) in [6, 6.07) is 17.6. The van der Waals surface area contributed by atoms with Gasteiger partial charge in [0.25, 0.3) is 0 Å². The maximum Gasteiger partial charge on any atom is 0.488 e. The van der Waals surface area contributed by atoms with E-state index in [9.17, 15) is 27.2 Å². The molecule has 20 heteroatoms. The van der Waals surface area contributed by atoms with E-state index in [0.717, 1.165) is 67.6 Å². The van der Waals surface area contributed by atoms with Crippen molar-refractivity contribution in [2.75, 3.05) is 55.9 Å². The molecule has 0 aliphatic rings. The molecule has 356 valence electrons. The molecule has 6 rings (SSSR count). The fourth-order valence-electron chi connectivity index (χ4n) is 6.05. The van der Waals surface area contributed by atoms with Crippen molar-refractivity contribution in [3.63, 3.8) is 0 Å². The van der Waals surface area contributed by atoms with Crippen molar-refractivity contribution in [3.8, 4) is 45.3 Å². The van der Waals surface area contributed by atoms with Gasteiger partial charge in [0.05, 0.1) is 62.3 Å². The van der Waals surface area contributed by atoms with Gasteiger partial charge in [0, 0.05) is 56.5 Å². The van der Waals surface area contributed by atoms with Crippen LogP contribution in [0.15, 0.2) is 89.8 Å². The number of benzene rings is 4. The molecule has 0 saturated heterocycles. The van der Waals surface area contributed by atoms with E-state index in [1.807, 2.05) is 12.1 Å². The van der Waals surface area contributed by atoms with Crippen LogP contribution < -0.4 is 14.9 Å². The Balaban J connectivity index is 0.000000288. The summed E-state index contributed by atoms with van der Waals surface area (Å²) in [5, 5.41) is 17.2. The average Bonchev–Trinajstić information content (AvgIpc) is 3.32. The van der Waals surface area contributed by atoms with Gasteiger partial charge >= 0.3 is 19.1 Å². The van der Waals surface area contributed by atoms with Crippen LogP contribution in [-0.4, -0.2) is 105 Å². The number of hydrogen-bond acceptors (Lipinski definition) is 14. The van der Waals surface area contributed by atoms with Gasteiger partial charge < -0.3 is 38.5 Å². The van der Waals surface area contributed by atoms with Gasteiger partial charge in [-0.15, -0.1) is 0 Å². The summed E-state index contributed by atoms with van der Waals surface area (Å²) in [5.41, 5.74) is 5.50. The fourth-order valence-corrected chi connectivity index (χ4v) is 6.47. The number of methoxy groups -OCH3 is 6. The fraction of sp³-hybridized carbons (Fsp3) is 0.277. The largest absolute Gasteiger partial charge is 0.491 e. The lowest BCUT2D eigenvalue weighted by atomic mass is 9.80. The normalized spacial score (nSPS) is 10.3. The smallest absolute Gasteiger partial charge is 0.488 e. The molecule has 0 aliphatic heterocycles. The lowest BCUT2D eigenvalue weighted by molar-refractivity contribution is 0.0592. The molecule has 0 spiro atoms. The molecule has 2 N–H and O–H groups in total. The van der Waals surface area contributed by atoms with E-state index in [1.165, 1.54) is 21.3 Å². The van der Waals surface area contributed by atoms with E-state index in [1.54, 1.807) is 63.0 Å². The zero-order valence-corrected chi connectivity index (χ0v) is 38.3. The first-order valence-corrected chi connectivity index (χ1v) is 20.6. The molecule has 67 heavy (non-hydrogen) atoms. The van der Waals surface area contributed by atoms with Crippen molar-refractivity contribution in [1.29, 1.82) is 0 Å². The van der Waals surface area contributed by atoms with Gasteiger partial charge in [-0.2, -0.15) is 0 Å². The SMILES string of the molecule is C.COCCCc1cnc(-c2cc(F)c(OC)c(F)c2)c(-c2ccc(C(=O)OC)cc2)n1.COCCCc1cnc(Br)c(-c2ccc(C(=O)OC)cc2)n1.COc1c(F)cc(B(O)O)cc1F. The van der Waals surface area contributed by atoms with Crippen LogP contribution >= 0.6 is 15.9 Å². The summed E-state index contributed by atoms with van der Waals surface area (Å²) < 4.78 is 83.8. The minimum absolute atomic E-state index is 0. The van der Waals surface area contributed by atoms with Crippen LogP contribution in [-0.2, 0) is 31.8 Å². The lowest BCUT2D eigenvalue weighted by Crippen LogP contribution is -2.30. The molecule has 0 bridgehead atoms. The average molecular weight is 998 g/mol. The first-order chi connectivity index (χ1) is 31.7. The van der Waals surface area contributed by atoms with E-state index >= 15 is 0 Å². The number of hydrogen-bond donors (Lipinski definition) is 2. The molecule has 14 nitrogen and oxygen atoms in total. The molecule has 0 amide bonds. The summed E-state index contributed by atoms with van der Waals surface area (Å²) in [5.74, 6) is -5.43. The van der Waals surface area contributed by atoms with Gasteiger partial charge in [-0.3, -0.25) is 4.98 Å². The number of halogens is 5. The summed E-state index contributed by atoms with van der Waals surface area (Å²) in [7, 11) is 6.39. The van der Waals surface area contributed by atoms with Crippen molar-refractivity contribution in [1.82, 2.24) is 19.9 Å². The molecule has 0 radical (unpaired) electrons. The van der Waals surface area contributed by atoms with E-state index < -0.39 is 47.9 Å². The highest BCUT2D eigenvalue weighted by molar-refractivity contribution is 9.10. The van der Waals surface area contributed by atoms with Crippen molar-refractivity contribution >= 4 is 40.4 Å². The van der Waals surface area contributed by atoms with Gasteiger partial charge in [0.2, 0.25) is 0 Å². The number of esters is 2. The molecule has 2 aromatic heterocycles. The monoisotopic (exact) mass is 996 g/mol. The molecule has 0 saturated carbocycles. The lowest BCUT2D eigenvalue weighted by Gasteiger charge is -2.13. The van der Waals surface area contributed by atoms with Crippen molar-refractivity contribution in [3.05, 3.63) is 136 Å². The van der Waals surface area contributed by atoms with Crippen LogP contribution in [0.25, 0.3) is 33.8 Å². The van der Waals surface area contributed by atoms with Crippen LogP contribution in [0.1, 0.15) is 52.4 Å². The molecule has 0 fully saturated rings. The second-order valence-corrected chi connectivity index (χ2v) is 14.5. The molecule has 0 unspecified atom stereocenters. The Hall–Kier alpha value is -6.32. The Bertz CT molecular complexity index is 2510. The third-order valence-electron chi connectivity index (χ3n) is 9.32. The van der Waals surface area contributed by atoms with Crippen LogP contribution in [0.3, 0.4) is 0 Å². The van der Waals surface area contributed by atoms with Crippen molar-refractivity contribution in [2.24, 2.45) is 0 Å². The summed E-state index contributed by atoms with van der Waals surface area (Å²) in [6.45, 7) is 1.27. The molecule has 0 aliphatic carbocycles. The number of carbonyl (C=O) groups is 2. The highest BCUT2D eigenvalue weighted by atomic mass is 79.9. The number of aromatic nitrogens is 4. The number of ether oxygens (including phenoxy) is 6. The van der Waals surface area contributed by atoms with Gasteiger partial charge in [-0.1, -0.05) is 31.7 Å². The number of nitrogens with zero attached hydrogens (tertiary/aromatic N) is 4. The third-order valence-corrected chi connectivity index (χ3v) is 9.90. The molecular formula is C47H50BBrF4N4O10. The Labute approximate surface area is 394 Å². The summed E-state index contributed by atoms with van der Waals surface area (Å²) >= 11 is 3.42. The first-order valence-electron chi connectivity index (χ1n) is 19.8. The number of aryl methyl sites for hydroxylation is 2. The molecule has 2 heterocycles. The molecular weight excluding hydrogens is 947 g/mol. The predicted molar refractivity (Wildman–Crippen MR) is 247 cm³/mol. The Morgan fingerprint density at radius 2 is 0.985 bits per heavy atom. The van der Waals surface area contributed by atoms with Gasteiger partial charge in [0.1, 0.15) is 10.3 Å². The zero-order valence-electron chi connectivity index (χ0n) is 36.7. The topological polar surface area (TPSA) is 182 Å². The van der Waals surface area contributed by atoms with E-state index in [4.69, 9.17) is 33.7 Å². The van der Waals surface area contributed by atoms with Crippen LogP contribution in [0.2, 0.25) is 0 Å². The first kappa shape index (κ1) is 55.0. The zero-order chi connectivity index (χ0) is 48.3. The molecule has 6 aromatic rings. The Kier molecular flexibility index (Phi) is 22.5. The van der Waals surface area contributed by atoms with Crippen molar-refractivity contribution in [2.45, 2.75) is 33.1 Å². The van der Waals surface area contributed by atoms with Crippen LogP contribution in [0.5, 0.6) is 11.5 Å². The second kappa shape index (κ2) is 27.4. The summed E-state index contributed by atoms with van der Waals surface area (Å²) in [6.07, 6.45) is 6.41. The Morgan fingerprint density at radius 3 is 1.39 bits per heavy atom. The van der Waals surface area contributed by atoms with Gasteiger partial charge in [-0.25, -0.2) is 42.1 Å². The van der Waals surface area contributed by atoms with Gasteiger partial charge in [0.15, 0.2) is 34.8 Å². The van der Waals surface area contributed by atoms with E-state index in [-0.39, 0.29) is 24.4 Å². The van der Waals surface area contributed by atoms with Gasteiger partial charge in [-0.05, 0) is 95.6 Å². The number of carbonyl (C=O) groups excluding carboxylic acids is 2. The van der Waals surface area contributed by atoms with Crippen LogP contribution in [0, 0.1) is 23.3 Å². The predicted octanol–water partition coefficient (Wildman–Crippen LogP) is 8.02. The highest BCUT2D eigenvalue weighted by Crippen LogP contribution is 2.34. The van der Waals surface area contributed by atoms with E-state index in [0.29, 0.717) is 58.0 Å². The minimum atomic E-state index is -1.89. The molecule has 4 aromatic carbocycles. The van der Waals surface area contributed by atoms with Crippen LogP contribution in [0.4, 0.5) is 17.6 Å².